The molecule has 0 aromatic carbocycles. The normalized spacial score (nSPS) is 14.7. The van der Waals surface area contributed by atoms with Gasteiger partial charge < -0.3 is 19.5 Å². The molecule has 0 saturated carbocycles. The molecule has 1 aliphatic rings. The van der Waals surface area contributed by atoms with Gasteiger partial charge in [-0.05, 0) is 44.0 Å². The van der Waals surface area contributed by atoms with E-state index in [0.29, 0.717) is 22.7 Å². The van der Waals surface area contributed by atoms with Crippen molar-refractivity contribution in [1.29, 1.82) is 5.26 Å². The molecule has 0 unspecified atom stereocenters. The molecule has 1 fully saturated rings. The molecule has 202 valence electrons. The second-order valence-electron chi connectivity index (χ2n) is 10.4. The van der Waals surface area contributed by atoms with Crippen molar-refractivity contribution in [2.75, 3.05) is 44.8 Å². The summed E-state index contributed by atoms with van der Waals surface area (Å²) in [5, 5.41) is 24.1. The van der Waals surface area contributed by atoms with Gasteiger partial charge in [-0.2, -0.15) is 10.4 Å². The summed E-state index contributed by atoms with van der Waals surface area (Å²) >= 11 is 0. The van der Waals surface area contributed by atoms with Crippen LogP contribution >= 0.6 is 0 Å². The largest absolute Gasteiger partial charge is 0.489 e. The van der Waals surface area contributed by atoms with E-state index in [-0.39, 0.29) is 6.61 Å². The summed E-state index contributed by atoms with van der Waals surface area (Å²) in [4.78, 5) is 13.9. The molecule has 0 aliphatic carbocycles. The van der Waals surface area contributed by atoms with E-state index in [2.05, 4.69) is 32.0 Å². The number of nitrogens with zero attached hydrogens (tertiary/aromatic N) is 7. The lowest BCUT2D eigenvalue weighted by molar-refractivity contribution is 0.0283. The minimum absolute atomic E-state index is 0.127. The highest BCUT2D eigenvalue weighted by Crippen LogP contribution is 2.31. The Bertz CT molecular complexity index is 1450. The molecule has 0 atom stereocenters. The Kier molecular flexibility index (Phi) is 7.63. The molecule has 0 spiro atoms. The fourth-order valence-electron chi connectivity index (χ4n) is 4.71. The number of methoxy groups -OCH3 is 1. The van der Waals surface area contributed by atoms with Gasteiger partial charge in [-0.25, -0.2) is 14.5 Å². The molecule has 1 saturated heterocycles. The van der Waals surface area contributed by atoms with E-state index < -0.39 is 5.60 Å². The van der Waals surface area contributed by atoms with Gasteiger partial charge in [-0.1, -0.05) is 6.07 Å². The van der Waals surface area contributed by atoms with Crippen molar-refractivity contribution in [3.05, 3.63) is 66.2 Å². The van der Waals surface area contributed by atoms with Crippen molar-refractivity contribution in [2.45, 2.75) is 32.4 Å². The summed E-state index contributed by atoms with van der Waals surface area (Å²) in [7, 11) is 1.62. The number of rotatable bonds is 8. The van der Waals surface area contributed by atoms with Gasteiger partial charge in [-0.15, -0.1) is 0 Å². The zero-order valence-corrected chi connectivity index (χ0v) is 22.5. The third kappa shape index (κ3) is 6.28. The highest BCUT2D eigenvalue weighted by Gasteiger charge is 2.19. The first kappa shape index (κ1) is 26.4. The van der Waals surface area contributed by atoms with Crippen molar-refractivity contribution in [3.63, 3.8) is 0 Å². The van der Waals surface area contributed by atoms with E-state index in [1.54, 1.807) is 37.9 Å². The Morgan fingerprint density at radius 3 is 2.62 bits per heavy atom. The van der Waals surface area contributed by atoms with Gasteiger partial charge in [-0.3, -0.25) is 4.90 Å². The van der Waals surface area contributed by atoms with Crippen LogP contribution in [0.5, 0.6) is 11.6 Å². The van der Waals surface area contributed by atoms with E-state index in [0.717, 1.165) is 56.1 Å². The van der Waals surface area contributed by atoms with Crippen LogP contribution in [0.4, 0.5) is 5.82 Å². The molecule has 5 heterocycles. The van der Waals surface area contributed by atoms with E-state index in [4.69, 9.17) is 14.5 Å². The molecular weight excluding hydrogens is 494 g/mol. The number of hydrogen-bond donors (Lipinski definition) is 1. The van der Waals surface area contributed by atoms with Crippen LogP contribution < -0.4 is 14.4 Å². The number of fused-ring (bicyclic) bond motifs is 1. The third-order valence-electron chi connectivity index (χ3n) is 6.68. The molecule has 0 amide bonds. The number of ether oxygens (including phenoxy) is 2. The van der Waals surface area contributed by atoms with Crippen LogP contribution in [0, 0.1) is 11.3 Å². The van der Waals surface area contributed by atoms with Crippen molar-refractivity contribution in [3.8, 4) is 28.8 Å². The first-order chi connectivity index (χ1) is 18.8. The van der Waals surface area contributed by atoms with Gasteiger partial charge >= 0.3 is 0 Å². The average Bonchev–Trinajstić information content (AvgIpc) is 3.22. The number of aromatic nitrogens is 4. The Labute approximate surface area is 228 Å². The standard InChI is InChI=1S/C29H33N7O3/c1-29(2,37)20-39-24-13-25(28-23(14-30)17-33-36(28)19-24)22-6-7-26(31-16-22)35-10-4-9-34(11-12-35)18-21-5-8-27(38-3)32-15-21/h5-8,13,15-17,19,37H,4,9-12,18,20H2,1-3H3. The smallest absolute Gasteiger partial charge is 0.212 e. The Morgan fingerprint density at radius 2 is 1.92 bits per heavy atom. The minimum Gasteiger partial charge on any atom is -0.489 e. The zero-order chi connectivity index (χ0) is 27.4. The predicted octanol–water partition coefficient (Wildman–Crippen LogP) is 3.53. The van der Waals surface area contributed by atoms with E-state index in [9.17, 15) is 10.4 Å². The van der Waals surface area contributed by atoms with Crippen LogP contribution in [0.2, 0.25) is 0 Å². The van der Waals surface area contributed by atoms with E-state index in [1.807, 2.05) is 36.7 Å². The lowest BCUT2D eigenvalue weighted by atomic mass is 10.1. The maximum atomic E-state index is 10.1. The van der Waals surface area contributed by atoms with Gasteiger partial charge in [0.15, 0.2) is 0 Å². The first-order valence-electron chi connectivity index (χ1n) is 13.0. The summed E-state index contributed by atoms with van der Waals surface area (Å²) in [6, 6.07) is 12.1. The summed E-state index contributed by atoms with van der Waals surface area (Å²) < 4.78 is 12.6. The molecule has 0 bridgehead atoms. The Hall–Kier alpha value is -4.20. The van der Waals surface area contributed by atoms with Crippen molar-refractivity contribution >= 4 is 11.3 Å². The number of aliphatic hydroxyl groups is 1. The lowest BCUT2D eigenvalue weighted by Crippen LogP contribution is -2.30. The quantitative estimate of drug-likeness (QED) is 0.368. The molecule has 10 heteroatoms. The summed E-state index contributed by atoms with van der Waals surface area (Å²) in [6.07, 6.45) is 8.02. The summed E-state index contributed by atoms with van der Waals surface area (Å²) in [5.74, 6) is 2.10. The maximum absolute atomic E-state index is 10.1. The van der Waals surface area contributed by atoms with Crippen molar-refractivity contribution in [2.24, 2.45) is 0 Å². The number of hydrogen-bond acceptors (Lipinski definition) is 9. The van der Waals surface area contributed by atoms with Crippen molar-refractivity contribution < 1.29 is 14.6 Å². The molecule has 39 heavy (non-hydrogen) atoms. The van der Waals surface area contributed by atoms with Gasteiger partial charge in [0.1, 0.15) is 24.2 Å². The molecule has 4 aromatic heterocycles. The van der Waals surface area contributed by atoms with Crippen LogP contribution in [-0.4, -0.2) is 75.1 Å². The fourth-order valence-corrected chi connectivity index (χ4v) is 4.71. The van der Waals surface area contributed by atoms with Crippen LogP contribution in [-0.2, 0) is 6.54 Å². The Balaban J connectivity index is 1.32. The molecule has 5 rings (SSSR count). The van der Waals surface area contributed by atoms with Gasteiger partial charge in [0, 0.05) is 62.3 Å². The molecule has 10 nitrogen and oxygen atoms in total. The minimum atomic E-state index is -0.978. The first-order valence-corrected chi connectivity index (χ1v) is 13.0. The second kappa shape index (κ2) is 11.3. The topological polar surface area (TPSA) is 112 Å². The highest BCUT2D eigenvalue weighted by atomic mass is 16.5. The van der Waals surface area contributed by atoms with Gasteiger partial charge in [0.2, 0.25) is 5.88 Å². The molecule has 1 aliphatic heterocycles. The SMILES string of the molecule is COc1ccc(CN2CCCN(c3ccc(-c4cc(OCC(C)(C)O)cn5ncc(C#N)c45)cn3)CC2)cn1. The predicted molar refractivity (Wildman–Crippen MR) is 148 cm³/mol. The van der Waals surface area contributed by atoms with E-state index >= 15 is 0 Å². The molecule has 4 aromatic rings. The number of nitriles is 1. The summed E-state index contributed by atoms with van der Waals surface area (Å²) in [6.45, 7) is 8.10. The van der Waals surface area contributed by atoms with Crippen LogP contribution in [0.1, 0.15) is 31.4 Å². The average molecular weight is 528 g/mol. The molecule has 1 N–H and O–H groups in total. The highest BCUT2D eigenvalue weighted by molar-refractivity contribution is 5.85. The number of anilines is 1. The number of pyridine rings is 3. The van der Waals surface area contributed by atoms with Crippen LogP contribution in [0.25, 0.3) is 16.6 Å². The Morgan fingerprint density at radius 1 is 1.05 bits per heavy atom. The molecule has 0 radical (unpaired) electrons. The van der Waals surface area contributed by atoms with E-state index in [1.165, 1.54) is 5.56 Å². The lowest BCUT2D eigenvalue weighted by Gasteiger charge is -2.23. The van der Waals surface area contributed by atoms with Gasteiger partial charge in [0.25, 0.3) is 0 Å². The monoisotopic (exact) mass is 527 g/mol. The third-order valence-corrected chi connectivity index (χ3v) is 6.68. The van der Waals surface area contributed by atoms with Crippen LogP contribution in [0.3, 0.4) is 0 Å². The van der Waals surface area contributed by atoms with Crippen LogP contribution in [0.15, 0.2) is 55.1 Å². The fraction of sp³-hybridized carbons (Fsp3) is 0.379. The van der Waals surface area contributed by atoms with Crippen molar-refractivity contribution in [1.82, 2.24) is 24.5 Å². The van der Waals surface area contributed by atoms with Gasteiger partial charge in [0.05, 0.1) is 36.2 Å². The second-order valence-corrected chi connectivity index (χ2v) is 10.4. The zero-order valence-electron chi connectivity index (χ0n) is 22.5. The maximum Gasteiger partial charge on any atom is 0.212 e. The molecular formula is C29H33N7O3. The summed E-state index contributed by atoms with van der Waals surface area (Å²) in [5.41, 5.74) is 3.02.